The van der Waals surface area contributed by atoms with Gasteiger partial charge in [-0.2, -0.15) is 0 Å². The Morgan fingerprint density at radius 3 is 2.50 bits per heavy atom. The maximum Gasteiger partial charge on any atom is 0.335 e. The van der Waals surface area contributed by atoms with Crippen LogP contribution >= 0.6 is 0 Å². The van der Waals surface area contributed by atoms with Gasteiger partial charge in [0, 0.05) is 60.8 Å². The van der Waals surface area contributed by atoms with Crippen molar-refractivity contribution in [1.82, 2.24) is 14.0 Å². The number of piperidine rings is 1. The fraction of sp³-hybridized carbons (Fsp3) is 0.469. The minimum absolute atomic E-state index is 0.157. The van der Waals surface area contributed by atoms with E-state index in [1.165, 1.54) is 70.8 Å². The molecule has 1 aliphatic carbocycles. The molecule has 1 saturated carbocycles. The first-order valence-electron chi connectivity index (χ1n) is 14.5. The summed E-state index contributed by atoms with van der Waals surface area (Å²) in [5.41, 5.74) is 8.16. The van der Waals surface area contributed by atoms with E-state index >= 15 is 0 Å². The first kappa shape index (κ1) is 24.0. The van der Waals surface area contributed by atoms with Crippen molar-refractivity contribution in [2.75, 3.05) is 13.1 Å². The Labute approximate surface area is 223 Å². The van der Waals surface area contributed by atoms with Gasteiger partial charge in [-0.05, 0) is 61.3 Å². The number of benzene rings is 2. The smallest absolute Gasteiger partial charge is 0.335 e. The Morgan fingerprint density at radius 2 is 1.71 bits per heavy atom. The van der Waals surface area contributed by atoms with E-state index in [9.17, 15) is 15.0 Å². The minimum Gasteiger partial charge on any atom is -0.478 e. The third-order valence-electron chi connectivity index (χ3n) is 9.33. The summed E-state index contributed by atoms with van der Waals surface area (Å²) in [5, 5.41) is 22.3. The number of likely N-dealkylation sites (tertiary alicyclic amines) is 1. The second-order valence-electron chi connectivity index (χ2n) is 11.7. The van der Waals surface area contributed by atoms with E-state index in [0.29, 0.717) is 11.5 Å². The number of aromatic carboxylic acids is 1. The number of para-hydroxylation sites is 1. The molecular weight excluding hydrogens is 474 g/mol. The highest BCUT2D eigenvalue weighted by molar-refractivity contribution is 6.03. The highest BCUT2D eigenvalue weighted by Crippen LogP contribution is 2.47. The molecule has 4 aromatic rings. The van der Waals surface area contributed by atoms with Gasteiger partial charge in [0.05, 0.1) is 22.9 Å². The molecule has 6 nitrogen and oxygen atoms in total. The van der Waals surface area contributed by atoms with E-state index in [4.69, 9.17) is 0 Å². The number of hydrogen-bond acceptors (Lipinski definition) is 3. The van der Waals surface area contributed by atoms with Crippen molar-refractivity contribution >= 4 is 27.8 Å². The zero-order valence-corrected chi connectivity index (χ0v) is 22.0. The average Bonchev–Trinajstić information content (AvgIpc) is 3.44. The summed E-state index contributed by atoms with van der Waals surface area (Å²) in [6, 6.07) is 12.6. The number of rotatable bonds is 4. The predicted octanol–water partition coefficient (Wildman–Crippen LogP) is 6.37. The molecule has 2 fully saturated rings. The molecule has 0 amide bonds. The number of carboxylic acids is 1. The monoisotopic (exact) mass is 511 g/mol. The van der Waals surface area contributed by atoms with Crippen LogP contribution < -0.4 is 0 Å². The third kappa shape index (κ3) is 3.97. The molecule has 2 N–H and O–H groups in total. The third-order valence-corrected chi connectivity index (χ3v) is 9.33. The first-order chi connectivity index (χ1) is 18.6. The van der Waals surface area contributed by atoms with Gasteiger partial charge >= 0.3 is 5.97 Å². The van der Waals surface area contributed by atoms with Crippen LogP contribution in [0.1, 0.15) is 78.8 Å². The van der Waals surface area contributed by atoms with Crippen LogP contribution in [0.2, 0.25) is 0 Å². The molecule has 0 spiro atoms. The molecule has 0 radical (unpaired) electrons. The molecule has 3 aliphatic rings. The van der Waals surface area contributed by atoms with Crippen LogP contribution in [-0.4, -0.2) is 49.4 Å². The van der Waals surface area contributed by atoms with E-state index in [1.54, 1.807) is 6.07 Å². The van der Waals surface area contributed by atoms with Gasteiger partial charge in [-0.3, -0.25) is 4.90 Å². The van der Waals surface area contributed by atoms with E-state index in [-0.39, 0.29) is 6.10 Å². The Hall–Kier alpha value is -3.09. The van der Waals surface area contributed by atoms with Gasteiger partial charge in [-0.25, -0.2) is 4.79 Å². The number of fused-ring (bicyclic) bond motifs is 4. The van der Waals surface area contributed by atoms with Gasteiger partial charge in [0.1, 0.15) is 0 Å². The maximum absolute atomic E-state index is 11.9. The van der Waals surface area contributed by atoms with Crippen molar-refractivity contribution in [3.8, 4) is 11.3 Å². The fourth-order valence-electron chi connectivity index (χ4n) is 7.48. The van der Waals surface area contributed by atoms with Gasteiger partial charge in [0.25, 0.3) is 0 Å². The number of carbonyl (C=O) groups is 1. The Kier molecular flexibility index (Phi) is 6.05. The molecule has 4 heterocycles. The molecule has 1 saturated heterocycles. The number of aliphatic hydroxyl groups is 1. The van der Waals surface area contributed by atoms with Gasteiger partial charge < -0.3 is 19.3 Å². The molecule has 0 unspecified atom stereocenters. The summed E-state index contributed by atoms with van der Waals surface area (Å²) in [6.45, 7) is 4.64. The van der Waals surface area contributed by atoms with Crippen molar-refractivity contribution in [3.63, 3.8) is 0 Å². The molecule has 6 heteroatoms. The lowest BCUT2D eigenvalue weighted by Gasteiger charge is -2.29. The SMILES string of the molecule is O=C(O)c1ccc2c(C3CCCCC3)c3n(c2c1)CCCn1cc(CN2CCC(O)CC2)c2cccc-3c21. The molecule has 2 aromatic heterocycles. The maximum atomic E-state index is 11.9. The number of aliphatic hydroxyl groups excluding tert-OH is 1. The van der Waals surface area contributed by atoms with Gasteiger partial charge in [0.2, 0.25) is 0 Å². The van der Waals surface area contributed by atoms with Crippen molar-refractivity contribution in [1.29, 1.82) is 0 Å². The molecule has 198 valence electrons. The van der Waals surface area contributed by atoms with Crippen LogP contribution in [0, 0.1) is 0 Å². The van der Waals surface area contributed by atoms with Crippen molar-refractivity contribution < 1.29 is 15.0 Å². The Bertz CT molecular complexity index is 1520. The van der Waals surface area contributed by atoms with Crippen LogP contribution in [-0.2, 0) is 19.6 Å². The zero-order chi connectivity index (χ0) is 25.8. The van der Waals surface area contributed by atoms with Crippen molar-refractivity contribution in [2.24, 2.45) is 0 Å². The minimum atomic E-state index is -0.863. The normalized spacial score (nSPS) is 19.5. The predicted molar refractivity (Wildman–Crippen MR) is 151 cm³/mol. The molecular formula is C32H37N3O3. The first-order valence-corrected chi connectivity index (χ1v) is 14.5. The lowest BCUT2D eigenvalue weighted by molar-refractivity contribution is 0.0697. The molecule has 0 atom stereocenters. The van der Waals surface area contributed by atoms with E-state index < -0.39 is 5.97 Å². The van der Waals surface area contributed by atoms with Gasteiger partial charge in [0.15, 0.2) is 0 Å². The summed E-state index contributed by atoms with van der Waals surface area (Å²) in [7, 11) is 0. The van der Waals surface area contributed by atoms with Crippen molar-refractivity contribution in [2.45, 2.75) is 83.0 Å². The summed E-state index contributed by atoms with van der Waals surface area (Å²) >= 11 is 0. The van der Waals surface area contributed by atoms with Gasteiger partial charge in [-0.15, -0.1) is 0 Å². The topological polar surface area (TPSA) is 70.6 Å². The van der Waals surface area contributed by atoms with Crippen LogP contribution in [0.15, 0.2) is 42.6 Å². The molecule has 2 aliphatic heterocycles. The number of hydrogen-bond donors (Lipinski definition) is 2. The summed E-state index contributed by atoms with van der Waals surface area (Å²) in [5.74, 6) is -0.353. The summed E-state index contributed by atoms with van der Waals surface area (Å²) in [6.07, 6.45) is 11.2. The highest BCUT2D eigenvalue weighted by Gasteiger charge is 2.30. The largest absolute Gasteiger partial charge is 0.478 e. The quantitative estimate of drug-likeness (QED) is 0.334. The Morgan fingerprint density at radius 1 is 0.895 bits per heavy atom. The Balaban J connectivity index is 1.44. The number of nitrogens with zero attached hydrogens (tertiary/aromatic N) is 3. The number of aryl methyl sites for hydroxylation is 2. The van der Waals surface area contributed by atoms with Crippen LogP contribution in [0.5, 0.6) is 0 Å². The van der Waals surface area contributed by atoms with Crippen molar-refractivity contribution in [3.05, 3.63) is 59.3 Å². The fourth-order valence-corrected chi connectivity index (χ4v) is 7.48. The average molecular weight is 512 g/mol. The molecule has 38 heavy (non-hydrogen) atoms. The van der Waals surface area contributed by atoms with Crippen LogP contribution in [0.3, 0.4) is 0 Å². The number of carboxylic acid groups (broad SMARTS) is 1. The standard InChI is InChI=1S/C32H37N3O3/c36-24-12-16-33(17-13-24)19-23-20-34-14-5-15-35-28-18-22(32(37)38)10-11-26(28)29(21-6-2-1-3-7-21)31(35)27-9-4-8-25(23)30(27)34/h4,8-11,18,20-21,24,36H,1-3,5-7,12-17,19H2,(H,37,38). The zero-order valence-electron chi connectivity index (χ0n) is 22.0. The summed E-state index contributed by atoms with van der Waals surface area (Å²) in [4.78, 5) is 14.4. The number of aromatic nitrogens is 2. The molecule has 2 aromatic carbocycles. The second-order valence-corrected chi connectivity index (χ2v) is 11.7. The lowest BCUT2D eigenvalue weighted by Crippen LogP contribution is -2.35. The van der Waals surface area contributed by atoms with Gasteiger partial charge in [-0.1, -0.05) is 43.5 Å². The van der Waals surface area contributed by atoms with E-state index in [0.717, 1.165) is 57.5 Å². The molecule has 0 bridgehead atoms. The molecule has 7 rings (SSSR count). The van der Waals surface area contributed by atoms with Crippen LogP contribution in [0.4, 0.5) is 0 Å². The highest BCUT2D eigenvalue weighted by atomic mass is 16.4. The summed E-state index contributed by atoms with van der Waals surface area (Å²) < 4.78 is 4.93. The van der Waals surface area contributed by atoms with Crippen LogP contribution in [0.25, 0.3) is 33.1 Å². The van der Waals surface area contributed by atoms with E-state index in [2.05, 4.69) is 44.5 Å². The lowest BCUT2D eigenvalue weighted by atomic mass is 9.81. The second kappa shape index (κ2) is 9.58. The van der Waals surface area contributed by atoms with E-state index in [1.807, 2.05) is 6.07 Å².